The third-order valence-electron chi connectivity index (χ3n) is 0.649. The Bertz CT molecular complexity index is 164. The number of carbonyl (C=O) groups is 2. The molecule has 0 aliphatic heterocycles. The first-order chi connectivity index (χ1) is 4.66. The van der Waals surface area contributed by atoms with Gasteiger partial charge in [0.1, 0.15) is 0 Å². The van der Waals surface area contributed by atoms with Gasteiger partial charge in [-0.15, -0.1) is 0 Å². The third-order valence-corrected chi connectivity index (χ3v) is 0.649. The summed E-state index contributed by atoms with van der Waals surface area (Å²) in [4.78, 5) is 20.2. The maximum atomic E-state index is 10.4. The summed E-state index contributed by atoms with van der Waals surface area (Å²) in [6.07, 6.45) is 1.60. The smallest absolute Gasteiger partial charge is 0.330 e. The molecule has 5 heteroatoms. The Kier molecular flexibility index (Phi) is 8.53. The van der Waals surface area contributed by atoms with Gasteiger partial charge in [0, 0.05) is 29.2 Å². The molecule has 0 saturated heterocycles. The van der Waals surface area contributed by atoms with Crippen molar-refractivity contribution in [3.8, 4) is 0 Å². The zero-order valence-electron chi connectivity index (χ0n) is 5.89. The van der Waals surface area contributed by atoms with E-state index in [4.69, 9.17) is 5.11 Å². The summed E-state index contributed by atoms with van der Waals surface area (Å²) in [7, 11) is 0. The zero-order chi connectivity index (χ0) is 7.98. The van der Waals surface area contributed by atoms with E-state index in [9.17, 15) is 9.59 Å². The number of carbonyl (C=O) groups excluding carboxylic acids is 1. The van der Waals surface area contributed by atoms with Gasteiger partial charge in [-0.2, -0.15) is 0 Å². The molecule has 1 N–H and O–H groups in total. The van der Waals surface area contributed by atoms with Crippen LogP contribution in [-0.2, 0) is 31.4 Å². The van der Waals surface area contributed by atoms with Crippen LogP contribution in [0.4, 0.5) is 0 Å². The van der Waals surface area contributed by atoms with Gasteiger partial charge in [0.2, 0.25) is 0 Å². The van der Waals surface area contributed by atoms with E-state index in [0.29, 0.717) is 0 Å². The Morgan fingerprint density at radius 2 is 2.00 bits per heavy atom. The SMILES string of the molecule is CCOC(=O)C=CC(=O)O.[Fe]. The fourth-order valence-electron chi connectivity index (χ4n) is 0.330. The molecule has 0 aromatic rings. The summed E-state index contributed by atoms with van der Waals surface area (Å²) >= 11 is 0. The molecule has 0 aromatic carbocycles. The second kappa shape index (κ2) is 7.31. The molecule has 0 amide bonds. The van der Waals surface area contributed by atoms with E-state index in [2.05, 4.69) is 4.74 Å². The number of rotatable bonds is 3. The molecule has 4 nitrogen and oxygen atoms in total. The van der Waals surface area contributed by atoms with Crippen molar-refractivity contribution < 1.29 is 36.5 Å². The number of ether oxygens (including phenoxy) is 1. The molecule has 0 rings (SSSR count). The minimum atomic E-state index is -1.16. The van der Waals surface area contributed by atoms with Gasteiger partial charge >= 0.3 is 11.9 Å². The molecule has 0 unspecified atom stereocenters. The van der Waals surface area contributed by atoms with Gasteiger partial charge in [0.05, 0.1) is 6.61 Å². The van der Waals surface area contributed by atoms with Crippen LogP contribution in [0.5, 0.6) is 0 Å². The molecule has 11 heavy (non-hydrogen) atoms. The first-order valence-electron chi connectivity index (χ1n) is 2.74. The first-order valence-corrected chi connectivity index (χ1v) is 2.74. The molecule has 0 aliphatic rings. The standard InChI is InChI=1S/C6H8O4.Fe/c1-2-10-6(9)4-3-5(7)8;/h3-4H,2H2,1H3,(H,7,8);. The second-order valence-electron chi connectivity index (χ2n) is 1.42. The minimum absolute atomic E-state index is 0. The van der Waals surface area contributed by atoms with Crippen molar-refractivity contribution in [1.82, 2.24) is 0 Å². The van der Waals surface area contributed by atoms with E-state index in [1.807, 2.05) is 0 Å². The van der Waals surface area contributed by atoms with Crippen molar-refractivity contribution in [2.75, 3.05) is 6.61 Å². The molecular weight excluding hydrogens is 192 g/mol. The van der Waals surface area contributed by atoms with Gasteiger partial charge in [-0.1, -0.05) is 0 Å². The van der Waals surface area contributed by atoms with E-state index < -0.39 is 11.9 Å². The predicted octanol–water partition coefficient (Wildman–Crippen LogP) is 0.188. The largest absolute Gasteiger partial charge is 0.478 e. The molecule has 0 aliphatic carbocycles. The topological polar surface area (TPSA) is 63.6 Å². The number of hydrogen-bond acceptors (Lipinski definition) is 3. The Morgan fingerprint density at radius 1 is 1.45 bits per heavy atom. The zero-order valence-corrected chi connectivity index (χ0v) is 6.99. The Hall–Kier alpha value is -0.801. The van der Waals surface area contributed by atoms with Crippen LogP contribution in [-0.4, -0.2) is 23.7 Å². The first kappa shape index (κ1) is 12.8. The third kappa shape index (κ3) is 9.20. The van der Waals surface area contributed by atoms with E-state index in [1.165, 1.54) is 0 Å². The summed E-state index contributed by atoms with van der Waals surface area (Å²) in [5, 5.41) is 8.04. The maximum Gasteiger partial charge on any atom is 0.330 e. The molecule has 0 saturated carbocycles. The molecule has 0 radical (unpaired) electrons. The molecule has 0 fully saturated rings. The van der Waals surface area contributed by atoms with Crippen LogP contribution >= 0.6 is 0 Å². The van der Waals surface area contributed by atoms with Gasteiger partial charge in [-0.3, -0.25) is 0 Å². The van der Waals surface area contributed by atoms with Crippen molar-refractivity contribution in [3.63, 3.8) is 0 Å². The van der Waals surface area contributed by atoms with Crippen molar-refractivity contribution in [2.24, 2.45) is 0 Å². The van der Waals surface area contributed by atoms with Crippen molar-refractivity contribution in [1.29, 1.82) is 0 Å². The van der Waals surface area contributed by atoms with Crippen LogP contribution in [0.15, 0.2) is 12.2 Å². The second-order valence-corrected chi connectivity index (χ2v) is 1.42. The molecule has 0 aromatic heterocycles. The number of esters is 1. The Morgan fingerprint density at radius 3 is 2.36 bits per heavy atom. The Balaban J connectivity index is 0. The minimum Gasteiger partial charge on any atom is -0.478 e. The number of hydrogen-bond donors (Lipinski definition) is 1. The quantitative estimate of drug-likeness (QED) is 0.401. The number of aliphatic carboxylic acids is 1. The summed E-state index contributed by atoms with van der Waals surface area (Å²) < 4.78 is 4.40. The normalized spacial score (nSPS) is 8.82. The Labute approximate surface area is 74.7 Å². The van der Waals surface area contributed by atoms with Gasteiger partial charge in [-0.05, 0) is 6.92 Å². The summed E-state index contributed by atoms with van der Waals surface area (Å²) in [6.45, 7) is 1.90. The average molecular weight is 200 g/mol. The van der Waals surface area contributed by atoms with Crippen molar-refractivity contribution in [2.45, 2.75) is 6.92 Å². The predicted molar refractivity (Wildman–Crippen MR) is 33.4 cm³/mol. The number of carboxylic acid groups (broad SMARTS) is 1. The fraction of sp³-hybridized carbons (Fsp3) is 0.333. The molecule has 0 bridgehead atoms. The van der Waals surface area contributed by atoms with Crippen LogP contribution < -0.4 is 0 Å². The van der Waals surface area contributed by atoms with Crippen molar-refractivity contribution >= 4 is 11.9 Å². The molecular formula is C6H8FeO4. The number of carboxylic acids is 1. The molecule has 0 atom stereocenters. The van der Waals surface area contributed by atoms with E-state index in [0.717, 1.165) is 12.2 Å². The summed E-state index contributed by atoms with van der Waals surface area (Å²) in [6, 6.07) is 0. The maximum absolute atomic E-state index is 10.4. The van der Waals surface area contributed by atoms with Crippen LogP contribution in [0.1, 0.15) is 6.92 Å². The van der Waals surface area contributed by atoms with E-state index in [1.54, 1.807) is 6.92 Å². The fourth-order valence-corrected chi connectivity index (χ4v) is 0.330. The van der Waals surface area contributed by atoms with Crippen molar-refractivity contribution in [3.05, 3.63) is 12.2 Å². The average Bonchev–Trinajstić information content (AvgIpc) is 1.85. The summed E-state index contributed by atoms with van der Waals surface area (Å²) in [5.74, 6) is -1.79. The van der Waals surface area contributed by atoms with Crippen LogP contribution in [0, 0.1) is 0 Å². The molecule has 0 heterocycles. The van der Waals surface area contributed by atoms with E-state index >= 15 is 0 Å². The van der Waals surface area contributed by atoms with Gasteiger partial charge in [-0.25, -0.2) is 9.59 Å². The van der Waals surface area contributed by atoms with Gasteiger partial charge in [0.25, 0.3) is 0 Å². The molecule has 0 spiro atoms. The summed E-state index contributed by atoms with van der Waals surface area (Å²) in [5.41, 5.74) is 0. The van der Waals surface area contributed by atoms with Crippen LogP contribution in [0.25, 0.3) is 0 Å². The molecule has 64 valence electrons. The van der Waals surface area contributed by atoms with E-state index in [-0.39, 0.29) is 23.7 Å². The van der Waals surface area contributed by atoms with Crippen LogP contribution in [0.2, 0.25) is 0 Å². The van der Waals surface area contributed by atoms with Gasteiger partial charge in [0.15, 0.2) is 0 Å². The monoisotopic (exact) mass is 200 g/mol. The van der Waals surface area contributed by atoms with Crippen LogP contribution in [0.3, 0.4) is 0 Å². The van der Waals surface area contributed by atoms with Gasteiger partial charge < -0.3 is 9.84 Å².